The Labute approximate surface area is 165 Å². The Hall–Kier alpha value is -3.60. The molecule has 0 aliphatic carbocycles. The Balaban J connectivity index is 1.59. The second-order valence-corrected chi connectivity index (χ2v) is 6.52. The van der Waals surface area contributed by atoms with Gasteiger partial charge in [0.05, 0.1) is 6.54 Å². The minimum atomic E-state index is -0.119. The number of para-hydroxylation sites is 2. The first-order chi connectivity index (χ1) is 13.5. The number of carbonyl (C=O) groups excluding carboxylic acids is 2. The van der Waals surface area contributed by atoms with E-state index in [1.807, 2.05) is 72.6 Å². The van der Waals surface area contributed by atoms with Crippen LogP contribution in [0.2, 0.25) is 0 Å². The lowest BCUT2D eigenvalue weighted by Crippen LogP contribution is -2.30. The van der Waals surface area contributed by atoms with Gasteiger partial charge in [0, 0.05) is 36.7 Å². The largest absolute Gasteiger partial charge is 0.365 e. The first-order valence-corrected chi connectivity index (χ1v) is 9.04. The normalized spacial score (nSPS) is 10.2. The third kappa shape index (κ3) is 4.76. The zero-order valence-corrected chi connectivity index (χ0v) is 16.0. The van der Waals surface area contributed by atoms with Crippen LogP contribution in [0.1, 0.15) is 10.4 Å². The second-order valence-electron chi connectivity index (χ2n) is 6.52. The predicted octanol–water partition coefficient (Wildman–Crippen LogP) is 4.04. The highest BCUT2D eigenvalue weighted by atomic mass is 16.2. The van der Waals surface area contributed by atoms with Gasteiger partial charge in [0.25, 0.3) is 5.91 Å². The van der Waals surface area contributed by atoms with Gasteiger partial charge in [0.1, 0.15) is 0 Å². The lowest BCUT2D eigenvalue weighted by molar-refractivity contribution is -0.114. The molecule has 0 saturated carbocycles. The van der Waals surface area contributed by atoms with Gasteiger partial charge in [-0.05, 0) is 48.5 Å². The number of likely N-dealkylation sites (N-methyl/N-ethyl adjacent to an activating group) is 1. The van der Waals surface area contributed by atoms with Crippen LogP contribution in [-0.4, -0.2) is 32.5 Å². The van der Waals surface area contributed by atoms with Gasteiger partial charge in [0.2, 0.25) is 5.91 Å². The molecule has 0 saturated heterocycles. The summed E-state index contributed by atoms with van der Waals surface area (Å²) in [6.45, 7) is 0.238. The Morgan fingerprint density at radius 2 is 1.29 bits per heavy atom. The number of nitrogens with one attached hydrogen (secondary N) is 1. The zero-order chi connectivity index (χ0) is 19.9. The van der Waals surface area contributed by atoms with Crippen molar-refractivity contribution in [3.63, 3.8) is 0 Å². The van der Waals surface area contributed by atoms with Crippen LogP contribution in [0.25, 0.3) is 0 Å². The molecule has 1 N–H and O–H groups in total. The molecule has 0 atom stereocenters. The summed E-state index contributed by atoms with van der Waals surface area (Å²) in [6.07, 6.45) is 0. The maximum Gasteiger partial charge on any atom is 0.258 e. The third-order valence-corrected chi connectivity index (χ3v) is 4.44. The standard InChI is InChI=1S/C23H23N3O2/c1-25(20-9-5-3-6-10-20)17-22(27)24-19-15-13-18(14-16-19)23(28)26(2)21-11-7-4-8-12-21/h3-16H,17H2,1-2H3,(H,24,27). The molecule has 3 aromatic carbocycles. The average Bonchev–Trinajstić information content (AvgIpc) is 2.74. The summed E-state index contributed by atoms with van der Waals surface area (Å²) in [4.78, 5) is 28.4. The number of carbonyl (C=O) groups is 2. The van der Waals surface area contributed by atoms with E-state index >= 15 is 0 Å². The lowest BCUT2D eigenvalue weighted by Gasteiger charge is -2.19. The van der Waals surface area contributed by atoms with E-state index in [1.54, 1.807) is 36.2 Å². The highest BCUT2D eigenvalue weighted by molar-refractivity contribution is 6.06. The summed E-state index contributed by atoms with van der Waals surface area (Å²) in [5.74, 6) is -0.222. The molecule has 5 heteroatoms. The molecule has 28 heavy (non-hydrogen) atoms. The summed E-state index contributed by atoms with van der Waals surface area (Å²) in [7, 11) is 3.61. The molecule has 3 aromatic rings. The van der Waals surface area contributed by atoms with Crippen molar-refractivity contribution in [1.29, 1.82) is 0 Å². The molecule has 0 aliphatic heterocycles. The van der Waals surface area contributed by atoms with Gasteiger partial charge in [-0.15, -0.1) is 0 Å². The molecular weight excluding hydrogens is 350 g/mol. The minimum absolute atomic E-state index is 0.104. The van der Waals surface area contributed by atoms with Crippen molar-refractivity contribution >= 4 is 28.9 Å². The molecule has 0 bridgehead atoms. The molecular formula is C23H23N3O2. The summed E-state index contributed by atoms with van der Waals surface area (Å²) in [5, 5.41) is 2.86. The number of nitrogens with zero attached hydrogens (tertiary/aromatic N) is 2. The number of hydrogen-bond donors (Lipinski definition) is 1. The Morgan fingerprint density at radius 3 is 1.86 bits per heavy atom. The van der Waals surface area contributed by atoms with Gasteiger partial charge in [-0.2, -0.15) is 0 Å². The average molecular weight is 373 g/mol. The maximum atomic E-state index is 12.6. The van der Waals surface area contributed by atoms with Crippen LogP contribution < -0.4 is 15.1 Å². The van der Waals surface area contributed by atoms with Crippen molar-refractivity contribution in [2.75, 3.05) is 35.8 Å². The fourth-order valence-electron chi connectivity index (χ4n) is 2.85. The van der Waals surface area contributed by atoms with Crippen LogP contribution in [0, 0.1) is 0 Å². The highest BCUT2D eigenvalue weighted by Crippen LogP contribution is 2.17. The van der Waals surface area contributed by atoms with E-state index in [4.69, 9.17) is 0 Å². The second kappa shape index (κ2) is 8.86. The molecule has 142 valence electrons. The van der Waals surface area contributed by atoms with Crippen LogP contribution in [0.5, 0.6) is 0 Å². The number of amides is 2. The fraction of sp³-hybridized carbons (Fsp3) is 0.130. The van der Waals surface area contributed by atoms with Crippen molar-refractivity contribution in [2.45, 2.75) is 0 Å². The van der Waals surface area contributed by atoms with Gasteiger partial charge in [-0.25, -0.2) is 0 Å². The van der Waals surface area contributed by atoms with E-state index in [0.717, 1.165) is 11.4 Å². The number of benzene rings is 3. The molecule has 0 aromatic heterocycles. The molecule has 0 aliphatic rings. The van der Waals surface area contributed by atoms with Crippen LogP contribution in [0.4, 0.5) is 17.1 Å². The lowest BCUT2D eigenvalue weighted by atomic mass is 10.1. The van der Waals surface area contributed by atoms with Crippen molar-refractivity contribution < 1.29 is 9.59 Å². The van der Waals surface area contributed by atoms with E-state index in [2.05, 4.69) is 5.32 Å². The number of rotatable bonds is 6. The summed E-state index contributed by atoms with van der Waals surface area (Å²) >= 11 is 0. The van der Waals surface area contributed by atoms with E-state index in [0.29, 0.717) is 11.3 Å². The van der Waals surface area contributed by atoms with Crippen LogP contribution in [0.3, 0.4) is 0 Å². The smallest absolute Gasteiger partial charge is 0.258 e. The fourth-order valence-corrected chi connectivity index (χ4v) is 2.85. The Morgan fingerprint density at radius 1 is 0.750 bits per heavy atom. The monoisotopic (exact) mass is 373 g/mol. The number of anilines is 3. The molecule has 0 spiro atoms. The summed E-state index contributed by atoms with van der Waals surface area (Å²) < 4.78 is 0. The van der Waals surface area contributed by atoms with Gasteiger partial charge in [-0.1, -0.05) is 36.4 Å². The predicted molar refractivity (Wildman–Crippen MR) is 114 cm³/mol. The number of hydrogen-bond acceptors (Lipinski definition) is 3. The summed E-state index contributed by atoms with van der Waals surface area (Å²) in [6, 6.07) is 26.1. The van der Waals surface area contributed by atoms with Crippen molar-refractivity contribution in [3.05, 3.63) is 90.5 Å². The molecule has 5 nitrogen and oxygen atoms in total. The molecule has 0 fully saturated rings. The third-order valence-electron chi connectivity index (χ3n) is 4.44. The minimum Gasteiger partial charge on any atom is -0.365 e. The maximum absolute atomic E-state index is 12.6. The quantitative estimate of drug-likeness (QED) is 0.710. The molecule has 0 unspecified atom stereocenters. The SMILES string of the molecule is CN(CC(=O)Nc1ccc(C(=O)N(C)c2ccccc2)cc1)c1ccccc1. The zero-order valence-electron chi connectivity index (χ0n) is 16.0. The first-order valence-electron chi connectivity index (χ1n) is 9.04. The van der Waals surface area contributed by atoms with Crippen molar-refractivity contribution in [3.8, 4) is 0 Å². The first kappa shape index (κ1) is 19.2. The Bertz CT molecular complexity index is 925. The van der Waals surface area contributed by atoms with E-state index in [9.17, 15) is 9.59 Å². The van der Waals surface area contributed by atoms with Crippen LogP contribution in [0.15, 0.2) is 84.9 Å². The van der Waals surface area contributed by atoms with Crippen molar-refractivity contribution in [1.82, 2.24) is 0 Å². The van der Waals surface area contributed by atoms with E-state index < -0.39 is 0 Å². The van der Waals surface area contributed by atoms with E-state index in [1.165, 1.54) is 0 Å². The van der Waals surface area contributed by atoms with Gasteiger partial charge >= 0.3 is 0 Å². The van der Waals surface area contributed by atoms with Crippen LogP contribution in [-0.2, 0) is 4.79 Å². The molecule has 2 amide bonds. The Kier molecular flexibility index (Phi) is 6.07. The van der Waals surface area contributed by atoms with Gasteiger partial charge in [-0.3, -0.25) is 9.59 Å². The van der Waals surface area contributed by atoms with E-state index in [-0.39, 0.29) is 18.4 Å². The van der Waals surface area contributed by atoms with Crippen molar-refractivity contribution in [2.24, 2.45) is 0 Å². The van der Waals surface area contributed by atoms with Gasteiger partial charge < -0.3 is 15.1 Å². The van der Waals surface area contributed by atoms with Gasteiger partial charge in [0.15, 0.2) is 0 Å². The summed E-state index contributed by atoms with van der Waals surface area (Å²) in [5.41, 5.74) is 3.02. The molecule has 0 heterocycles. The van der Waals surface area contributed by atoms with Crippen LogP contribution >= 0.6 is 0 Å². The highest BCUT2D eigenvalue weighted by Gasteiger charge is 2.13. The molecule has 0 radical (unpaired) electrons. The topological polar surface area (TPSA) is 52.7 Å². The molecule has 3 rings (SSSR count).